The van der Waals surface area contributed by atoms with Crippen molar-refractivity contribution in [1.29, 1.82) is 0 Å². The summed E-state index contributed by atoms with van der Waals surface area (Å²) in [6, 6.07) is 2.06. The molecular weight excluding hydrogens is 480 g/mol. The number of thiazole rings is 1. The molecule has 2 heterocycles. The normalized spacial score (nSPS) is 12.1. The number of nitrogens with zero attached hydrogens (tertiary/aromatic N) is 4. The number of nitrogens with one attached hydrogen (secondary N) is 1. The highest BCUT2D eigenvalue weighted by atomic mass is 32.1. The predicted octanol–water partition coefficient (Wildman–Crippen LogP) is 2.40. The minimum Gasteiger partial charge on any atom is -0.384 e. The summed E-state index contributed by atoms with van der Waals surface area (Å²) in [4.78, 5) is 45.0. The first-order valence-corrected chi connectivity index (χ1v) is 10.4. The molecule has 180 valence electrons. The molecule has 0 atom stereocenters. The van der Waals surface area contributed by atoms with Crippen molar-refractivity contribution in [2.24, 2.45) is 19.1 Å². The maximum atomic E-state index is 14.2. The molecular formula is C20H18F4N6O3S. The molecule has 0 unspecified atom stereocenters. The van der Waals surface area contributed by atoms with Gasteiger partial charge in [0.15, 0.2) is 5.13 Å². The summed E-state index contributed by atoms with van der Waals surface area (Å²) >= 11 is 0.927. The third kappa shape index (κ3) is 4.76. The van der Waals surface area contributed by atoms with E-state index in [0.29, 0.717) is 6.07 Å². The van der Waals surface area contributed by atoms with Crippen molar-refractivity contribution in [2.75, 3.05) is 18.1 Å². The van der Waals surface area contributed by atoms with Gasteiger partial charge < -0.3 is 11.1 Å². The monoisotopic (exact) mass is 498 g/mol. The van der Waals surface area contributed by atoms with E-state index in [1.807, 2.05) is 0 Å². The molecule has 3 aromatic rings. The van der Waals surface area contributed by atoms with E-state index in [4.69, 9.17) is 5.73 Å². The van der Waals surface area contributed by atoms with Gasteiger partial charge in [-0.25, -0.2) is 14.2 Å². The topological polar surface area (TPSA) is 124 Å². The lowest BCUT2D eigenvalue weighted by atomic mass is 10.1. The third-order valence-electron chi connectivity index (χ3n) is 4.92. The van der Waals surface area contributed by atoms with Crippen molar-refractivity contribution >= 4 is 33.9 Å². The highest BCUT2D eigenvalue weighted by Gasteiger charge is 2.31. The fourth-order valence-corrected chi connectivity index (χ4v) is 3.81. The second-order valence-corrected chi connectivity index (χ2v) is 7.95. The Hall–Kier alpha value is -3.81. The Labute approximate surface area is 193 Å². The van der Waals surface area contributed by atoms with Crippen LogP contribution in [0.15, 0.2) is 38.2 Å². The lowest BCUT2D eigenvalue weighted by molar-refractivity contribution is -0.137. The van der Waals surface area contributed by atoms with E-state index in [0.717, 1.165) is 32.6 Å². The predicted molar refractivity (Wildman–Crippen MR) is 120 cm³/mol. The van der Waals surface area contributed by atoms with Crippen LogP contribution < -0.4 is 22.3 Å². The number of halogens is 4. The van der Waals surface area contributed by atoms with Gasteiger partial charge in [-0.05, 0) is 18.2 Å². The van der Waals surface area contributed by atoms with Crippen LogP contribution in [0, 0.1) is 5.82 Å². The number of benzene rings is 1. The van der Waals surface area contributed by atoms with Crippen LogP contribution in [0.3, 0.4) is 0 Å². The summed E-state index contributed by atoms with van der Waals surface area (Å²) in [6.45, 7) is 0. The van der Waals surface area contributed by atoms with Gasteiger partial charge in [-0.1, -0.05) is 0 Å². The molecule has 0 aliphatic heterocycles. The Bertz CT molecular complexity index is 1420. The average Bonchev–Trinajstić information content (AvgIpc) is 3.22. The fourth-order valence-electron chi connectivity index (χ4n) is 3.08. The lowest BCUT2D eigenvalue weighted by Crippen LogP contribution is -2.42. The molecule has 0 radical (unpaired) electrons. The summed E-state index contributed by atoms with van der Waals surface area (Å²) < 4.78 is 54.3. The zero-order valence-electron chi connectivity index (χ0n) is 18.0. The minimum absolute atomic E-state index is 0.0248. The first-order valence-electron chi connectivity index (χ1n) is 9.49. The largest absolute Gasteiger partial charge is 0.416 e. The molecule has 0 aliphatic carbocycles. The van der Waals surface area contributed by atoms with Crippen LogP contribution >= 0.6 is 11.3 Å². The molecule has 0 saturated heterocycles. The molecule has 3 N–H and O–H groups in total. The summed E-state index contributed by atoms with van der Waals surface area (Å²) in [5, 5.41) is 3.89. The number of nitrogens with two attached hydrogens (primary N) is 1. The van der Waals surface area contributed by atoms with Gasteiger partial charge in [0.25, 0.3) is 5.56 Å². The van der Waals surface area contributed by atoms with E-state index >= 15 is 0 Å². The van der Waals surface area contributed by atoms with E-state index in [-0.39, 0.29) is 33.5 Å². The molecule has 0 spiro atoms. The number of carbonyl (C=O) groups excluding carboxylic acids is 1. The first-order chi connectivity index (χ1) is 15.8. The molecule has 2 aromatic heterocycles. The Kier molecular flexibility index (Phi) is 6.72. The quantitative estimate of drug-likeness (QED) is 0.413. The Balaban J connectivity index is 1.81. The van der Waals surface area contributed by atoms with Crippen molar-refractivity contribution in [3.8, 4) is 11.3 Å². The summed E-state index contributed by atoms with van der Waals surface area (Å²) in [6.07, 6.45) is -5.08. The van der Waals surface area contributed by atoms with Gasteiger partial charge in [0.05, 0.1) is 23.4 Å². The number of alkyl halides is 3. The maximum Gasteiger partial charge on any atom is 0.416 e. The SMILES string of the molecule is CN=C(CC(=O)Nc1nc(-c2ccc(C(F)(F)F)cc2F)cs1)c1c(N)n(C)c(=O)n(C)c1=O. The molecule has 0 saturated carbocycles. The van der Waals surface area contributed by atoms with Crippen LogP contribution in [0.2, 0.25) is 0 Å². The standard InChI is InChI=1S/C20H18F4N6O3S/c1-26-12(15-16(25)29(2)19(33)30(3)17(15)32)7-14(31)28-18-27-13(8-34-18)10-5-4-9(6-11(10)21)20(22,23)24/h4-6,8H,7,25H2,1-3H3,(H,27,28,31). The molecule has 0 bridgehead atoms. The van der Waals surface area contributed by atoms with E-state index in [1.54, 1.807) is 0 Å². The first kappa shape index (κ1) is 24.8. The number of amides is 1. The number of anilines is 2. The lowest BCUT2D eigenvalue weighted by Gasteiger charge is -2.13. The van der Waals surface area contributed by atoms with E-state index in [2.05, 4.69) is 15.3 Å². The average molecular weight is 498 g/mol. The summed E-state index contributed by atoms with van der Waals surface area (Å²) in [5.74, 6) is -1.90. The molecule has 0 aliphatic rings. The van der Waals surface area contributed by atoms with Crippen LogP contribution in [0.1, 0.15) is 17.5 Å². The van der Waals surface area contributed by atoms with E-state index in [1.165, 1.54) is 26.5 Å². The molecule has 1 aromatic carbocycles. The van der Waals surface area contributed by atoms with Gasteiger partial charge in [0.2, 0.25) is 5.91 Å². The molecule has 14 heteroatoms. The Morgan fingerprint density at radius 2 is 1.91 bits per heavy atom. The van der Waals surface area contributed by atoms with Crippen LogP contribution in [0.4, 0.5) is 28.5 Å². The van der Waals surface area contributed by atoms with Crippen molar-refractivity contribution in [1.82, 2.24) is 14.1 Å². The van der Waals surface area contributed by atoms with Crippen molar-refractivity contribution in [2.45, 2.75) is 12.6 Å². The fraction of sp³-hybridized carbons (Fsp3) is 0.250. The van der Waals surface area contributed by atoms with Gasteiger partial charge >= 0.3 is 11.9 Å². The van der Waals surface area contributed by atoms with Crippen LogP contribution in [0.5, 0.6) is 0 Å². The Morgan fingerprint density at radius 3 is 2.50 bits per heavy atom. The second-order valence-electron chi connectivity index (χ2n) is 7.09. The van der Waals surface area contributed by atoms with Crippen molar-refractivity contribution < 1.29 is 22.4 Å². The van der Waals surface area contributed by atoms with Crippen LogP contribution in [0.25, 0.3) is 11.3 Å². The van der Waals surface area contributed by atoms with Crippen molar-refractivity contribution in [3.05, 3.63) is 61.4 Å². The van der Waals surface area contributed by atoms with Gasteiger partial charge in [-0.2, -0.15) is 13.2 Å². The number of carbonyl (C=O) groups is 1. The molecule has 9 nitrogen and oxygen atoms in total. The zero-order chi connectivity index (χ0) is 25.4. The van der Waals surface area contributed by atoms with Gasteiger partial charge in [0, 0.05) is 32.1 Å². The molecule has 1 amide bonds. The molecule has 34 heavy (non-hydrogen) atoms. The van der Waals surface area contributed by atoms with Crippen LogP contribution in [-0.2, 0) is 25.1 Å². The highest BCUT2D eigenvalue weighted by molar-refractivity contribution is 7.14. The third-order valence-corrected chi connectivity index (χ3v) is 5.68. The van der Waals surface area contributed by atoms with Gasteiger partial charge in [-0.15, -0.1) is 11.3 Å². The van der Waals surface area contributed by atoms with E-state index < -0.39 is 41.1 Å². The molecule has 0 fully saturated rings. The van der Waals surface area contributed by atoms with Gasteiger partial charge in [0.1, 0.15) is 17.2 Å². The number of hydrogen-bond acceptors (Lipinski definition) is 7. The van der Waals surface area contributed by atoms with E-state index in [9.17, 15) is 31.9 Å². The van der Waals surface area contributed by atoms with Crippen LogP contribution in [-0.4, -0.2) is 32.8 Å². The second kappa shape index (κ2) is 9.21. The summed E-state index contributed by atoms with van der Waals surface area (Å²) in [7, 11) is 3.98. The molecule has 3 rings (SSSR count). The number of rotatable bonds is 5. The number of nitrogen functional groups attached to an aromatic ring is 1. The zero-order valence-corrected chi connectivity index (χ0v) is 18.8. The number of aliphatic imine (C=N–C) groups is 1. The highest BCUT2D eigenvalue weighted by Crippen LogP contribution is 2.33. The Morgan fingerprint density at radius 1 is 1.24 bits per heavy atom. The van der Waals surface area contributed by atoms with Crippen molar-refractivity contribution in [3.63, 3.8) is 0 Å². The van der Waals surface area contributed by atoms with Gasteiger partial charge in [-0.3, -0.25) is 23.7 Å². The maximum absolute atomic E-state index is 14.2. The summed E-state index contributed by atoms with van der Waals surface area (Å²) in [5.41, 5.74) is 3.20. The number of hydrogen-bond donors (Lipinski definition) is 2. The number of aromatic nitrogens is 3. The smallest absolute Gasteiger partial charge is 0.384 e. The minimum atomic E-state index is -4.69.